The maximum Gasteiger partial charge on any atom is 0.199 e. The van der Waals surface area contributed by atoms with Crippen molar-refractivity contribution in [3.8, 4) is 0 Å². The number of aromatic nitrogens is 1. The van der Waals surface area contributed by atoms with E-state index in [0.29, 0.717) is 10.0 Å². The number of hydrogen-bond donors (Lipinski definition) is 1. The topological polar surface area (TPSA) is 32.9 Å². The van der Waals surface area contributed by atoms with Gasteiger partial charge in [0.05, 0.1) is 5.56 Å². The third-order valence-corrected chi connectivity index (χ3v) is 3.93. The molecule has 0 aliphatic rings. The van der Waals surface area contributed by atoms with E-state index in [1.54, 1.807) is 18.3 Å². The number of ketones is 1. The van der Waals surface area contributed by atoms with Crippen LogP contribution in [0, 0.1) is 12.7 Å². The number of aryl methyl sites for hydroxylation is 1. The first-order chi connectivity index (χ1) is 9.58. The summed E-state index contributed by atoms with van der Waals surface area (Å²) in [7, 11) is 0. The predicted molar refractivity (Wildman–Crippen MR) is 80.6 cm³/mol. The lowest BCUT2D eigenvalue weighted by Gasteiger charge is -2.04. The second-order valence-corrected chi connectivity index (χ2v) is 5.53. The van der Waals surface area contributed by atoms with Gasteiger partial charge in [-0.05, 0) is 47.1 Å². The Morgan fingerprint density at radius 1 is 1.25 bits per heavy atom. The minimum absolute atomic E-state index is 0.0647. The Balaban J connectivity index is 2.21. The Morgan fingerprint density at radius 2 is 2.05 bits per heavy atom. The summed E-state index contributed by atoms with van der Waals surface area (Å²) in [6.45, 7) is 1.96. The summed E-state index contributed by atoms with van der Waals surface area (Å²) in [4.78, 5) is 15.6. The first-order valence-electron chi connectivity index (χ1n) is 6.14. The smallest absolute Gasteiger partial charge is 0.199 e. The first-order valence-corrected chi connectivity index (χ1v) is 6.93. The molecule has 1 N–H and O–H groups in total. The molecule has 0 unspecified atom stereocenters. The number of nitrogens with one attached hydrogen (secondary N) is 1. The van der Waals surface area contributed by atoms with Gasteiger partial charge in [0.15, 0.2) is 5.78 Å². The fourth-order valence-corrected chi connectivity index (χ4v) is 2.79. The van der Waals surface area contributed by atoms with Gasteiger partial charge in [-0.2, -0.15) is 0 Å². The van der Waals surface area contributed by atoms with E-state index >= 15 is 0 Å². The van der Waals surface area contributed by atoms with Crippen molar-refractivity contribution in [3.05, 3.63) is 69.6 Å². The zero-order chi connectivity index (χ0) is 14.3. The number of carbonyl (C=O) groups is 1. The molecule has 3 aromatic rings. The summed E-state index contributed by atoms with van der Waals surface area (Å²) in [5.74, 6) is -0.849. The molecule has 4 heteroatoms. The molecule has 0 aliphatic heterocycles. The molecule has 0 fully saturated rings. The minimum Gasteiger partial charge on any atom is -0.360 e. The Kier molecular flexibility index (Phi) is 3.18. The Labute approximate surface area is 123 Å². The molecule has 0 amide bonds. The van der Waals surface area contributed by atoms with E-state index in [2.05, 4.69) is 20.9 Å². The van der Waals surface area contributed by atoms with Gasteiger partial charge in [-0.15, -0.1) is 0 Å². The van der Waals surface area contributed by atoms with E-state index in [1.165, 1.54) is 6.07 Å². The van der Waals surface area contributed by atoms with E-state index in [0.717, 1.165) is 16.5 Å². The van der Waals surface area contributed by atoms with Crippen molar-refractivity contribution < 1.29 is 9.18 Å². The number of fused-ring (bicyclic) bond motifs is 1. The number of hydrogen-bond acceptors (Lipinski definition) is 1. The normalized spacial score (nSPS) is 10.9. The highest BCUT2D eigenvalue weighted by Crippen LogP contribution is 2.27. The van der Waals surface area contributed by atoms with Gasteiger partial charge in [0.2, 0.25) is 0 Å². The van der Waals surface area contributed by atoms with Crippen LogP contribution in [0.4, 0.5) is 4.39 Å². The monoisotopic (exact) mass is 331 g/mol. The summed E-state index contributed by atoms with van der Waals surface area (Å²) in [5, 5.41) is 0.810. The van der Waals surface area contributed by atoms with Crippen LogP contribution >= 0.6 is 15.9 Å². The molecule has 0 atom stereocenters. The van der Waals surface area contributed by atoms with Gasteiger partial charge in [-0.1, -0.05) is 17.7 Å². The summed E-state index contributed by atoms with van der Waals surface area (Å²) in [5.41, 5.74) is 2.47. The molecule has 1 heterocycles. The maximum absolute atomic E-state index is 13.9. The average molecular weight is 332 g/mol. The van der Waals surface area contributed by atoms with Crippen LogP contribution in [0.2, 0.25) is 0 Å². The number of aromatic amines is 1. The van der Waals surface area contributed by atoms with E-state index in [-0.39, 0.29) is 11.3 Å². The Morgan fingerprint density at radius 3 is 2.80 bits per heavy atom. The summed E-state index contributed by atoms with van der Waals surface area (Å²) in [6, 6.07) is 10.3. The molecule has 3 rings (SSSR count). The first kappa shape index (κ1) is 13.1. The van der Waals surface area contributed by atoms with Crippen molar-refractivity contribution in [1.82, 2.24) is 4.98 Å². The highest BCUT2D eigenvalue weighted by atomic mass is 79.9. The molecular formula is C16H11BrFNO. The molecule has 0 bridgehead atoms. The van der Waals surface area contributed by atoms with Crippen molar-refractivity contribution in [2.75, 3.05) is 0 Å². The average Bonchev–Trinajstić information content (AvgIpc) is 2.81. The SMILES string of the molecule is Cc1ccc2[nH]cc(C(=O)c3c(F)cccc3Br)c2c1. The fourth-order valence-electron chi connectivity index (χ4n) is 2.27. The zero-order valence-electron chi connectivity index (χ0n) is 10.7. The molecule has 2 aromatic carbocycles. The van der Waals surface area contributed by atoms with E-state index in [9.17, 15) is 9.18 Å². The van der Waals surface area contributed by atoms with Crippen LogP contribution in [0.5, 0.6) is 0 Å². The van der Waals surface area contributed by atoms with Crippen LogP contribution in [0.3, 0.4) is 0 Å². The van der Waals surface area contributed by atoms with Crippen molar-refractivity contribution in [2.45, 2.75) is 6.92 Å². The van der Waals surface area contributed by atoms with E-state index in [1.807, 2.05) is 25.1 Å². The number of carbonyl (C=O) groups excluding carboxylic acids is 1. The molecule has 0 aliphatic carbocycles. The van der Waals surface area contributed by atoms with E-state index < -0.39 is 5.82 Å². The van der Waals surface area contributed by atoms with Crippen LogP contribution in [-0.2, 0) is 0 Å². The molecule has 1 aromatic heterocycles. The van der Waals surface area contributed by atoms with Gasteiger partial charge >= 0.3 is 0 Å². The van der Waals surface area contributed by atoms with Gasteiger partial charge < -0.3 is 4.98 Å². The van der Waals surface area contributed by atoms with Gasteiger partial charge in [0, 0.05) is 27.1 Å². The number of H-pyrrole nitrogens is 1. The highest BCUT2D eigenvalue weighted by molar-refractivity contribution is 9.10. The van der Waals surface area contributed by atoms with Gasteiger partial charge in [0.25, 0.3) is 0 Å². The molecule has 0 saturated heterocycles. The highest BCUT2D eigenvalue weighted by Gasteiger charge is 2.20. The van der Waals surface area contributed by atoms with Crippen LogP contribution < -0.4 is 0 Å². The zero-order valence-corrected chi connectivity index (χ0v) is 12.3. The molecule has 0 saturated carbocycles. The third kappa shape index (κ3) is 2.06. The lowest BCUT2D eigenvalue weighted by atomic mass is 10.0. The molecule has 0 radical (unpaired) electrons. The number of rotatable bonds is 2. The van der Waals surface area contributed by atoms with Crippen molar-refractivity contribution in [1.29, 1.82) is 0 Å². The van der Waals surface area contributed by atoms with Gasteiger partial charge in [-0.25, -0.2) is 4.39 Å². The second kappa shape index (κ2) is 4.87. The van der Waals surface area contributed by atoms with Crippen LogP contribution in [0.15, 0.2) is 47.1 Å². The summed E-state index contributed by atoms with van der Waals surface area (Å²) >= 11 is 3.24. The third-order valence-electron chi connectivity index (χ3n) is 3.27. The standard InChI is InChI=1S/C16H11BrFNO/c1-9-5-6-14-10(7-9)11(8-19-14)16(20)15-12(17)3-2-4-13(15)18/h2-8,19H,1H3. The van der Waals surface area contributed by atoms with E-state index in [4.69, 9.17) is 0 Å². The second-order valence-electron chi connectivity index (χ2n) is 4.68. The lowest BCUT2D eigenvalue weighted by molar-refractivity contribution is 0.103. The van der Waals surface area contributed by atoms with Crippen molar-refractivity contribution >= 4 is 32.6 Å². The summed E-state index contributed by atoms with van der Waals surface area (Å²) in [6.07, 6.45) is 1.63. The Bertz CT molecular complexity index is 802. The lowest BCUT2D eigenvalue weighted by Crippen LogP contribution is -2.04. The number of benzene rings is 2. The maximum atomic E-state index is 13.9. The number of halogens is 2. The van der Waals surface area contributed by atoms with Gasteiger partial charge in [-0.3, -0.25) is 4.79 Å². The molecule has 20 heavy (non-hydrogen) atoms. The molecule has 2 nitrogen and oxygen atoms in total. The molecule has 0 spiro atoms. The van der Waals surface area contributed by atoms with Crippen LogP contribution in [-0.4, -0.2) is 10.8 Å². The minimum atomic E-state index is -0.522. The van der Waals surface area contributed by atoms with Gasteiger partial charge in [0.1, 0.15) is 5.82 Å². The van der Waals surface area contributed by atoms with Crippen molar-refractivity contribution in [2.24, 2.45) is 0 Å². The fraction of sp³-hybridized carbons (Fsp3) is 0.0625. The Hall–Kier alpha value is -1.94. The predicted octanol–water partition coefficient (Wildman–Crippen LogP) is 4.61. The largest absolute Gasteiger partial charge is 0.360 e. The summed E-state index contributed by atoms with van der Waals surface area (Å²) < 4.78 is 14.4. The van der Waals surface area contributed by atoms with Crippen LogP contribution in [0.1, 0.15) is 21.5 Å². The van der Waals surface area contributed by atoms with Crippen molar-refractivity contribution in [3.63, 3.8) is 0 Å². The van der Waals surface area contributed by atoms with Crippen LogP contribution in [0.25, 0.3) is 10.9 Å². The molecular weight excluding hydrogens is 321 g/mol. The quantitative estimate of drug-likeness (QED) is 0.683. The molecule has 100 valence electrons.